The molecule has 11 heavy (non-hydrogen) atoms. The minimum absolute atomic E-state index is 0.548. The van der Waals surface area contributed by atoms with E-state index in [1.807, 2.05) is 6.92 Å². The van der Waals surface area contributed by atoms with E-state index in [4.69, 9.17) is 0 Å². The minimum Gasteiger partial charge on any atom is -0.335 e. The molecule has 0 atom stereocenters. The van der Waals surface area contributed by atoms with Crippen molar-refractivity contribution in [3.8, 4) is 0 Å². The van der Waals surface area contributed by atoms with Gasteiger partial charge >= 0.3 is 6.36 Å². The van der Waals surface area contributed by atoms with Crippen LogP contribution in [0.1, 0.15) is 13.3 Å². The van der Waals surface area contributed by atoms with Crippen molar-refractivity contribution in [2.24, 2.45) is 0 Å². The van der Waals surface area contributed by atoms with Crippen LogP contribution in [0.5, 0.6) is 0 Å². The zero-order valence-corrected chi connectivity index (χ0v) is 7.96. The van der Waals surface area contributed by atoms with Crippen LogP contribution in [-0.2, 0) is 4.43 Å². The lowest BCUT2D eigenvalue weighted by atomic mass is 10.6. The van der Waals surface area contributed by atoms with Gasteiger partial charge in [-0.25, -0.2) is 0 Å². The lowest BCUT2D eigenvalue weighted by molar-refractivity contribution is -0.281. The molecule has 0 aromatic carbocycles. The lowest BCUT2D eigenvalue weighted by Gasteiger charge is -2.23. The van der Waals surface area contributed by atoms with Gasteiger partial charge in [0, 0.05) is 0 Å². The summed E-state index contributed by atoms with van der Waals surface area (Å²) in [7, 11) is -2.46. The van der Waals surface area contributed by atoms with Crippen molar-refractivity contribution in [3.63, 3.8) is 0 Å². The van der Waals surface area contributed by atoms with Crippen molar-refractivity contribution in [2.45, 2.75) is 38.8 Å². The Balaban J connectivity index is 3.91. The highest BCUT2D eigenvalue weighted by Gasteiger charge is 2.38. The third-order valence-corrected chi connectivity index (χ3v) is 3.73. The van der Waals surface area contributed by atoms with Gasteiger partial charge in [-0.2, -0.15) is 0 Å². The van der Waals surface area contributed by atoms with Crippen LogP contribution in [-0.4, -0.2) is 14.7 Å². The summed E-state index contributed by atoms with van der Waals surface area (Å²) in [5, 5.41) is 0. The molecule has 0 spiro atoms. The highest BCUT2D eigenvalue weighted by atomic mass is 28.4. The molecule has 0 fully saturated rings. The first-order valence-electron chi connectivity index (χ1n) is 3.54. The van der Waals surface area contributed by atoms with E-state index in [0.29, 0.717) is 6.04 Å². The maximum Gasteiger partial charge on any atom is 0.512 e. The molecule has 0 aliphatic rings. The molecule has 0 radical (unpaired) electrons. The number of halogens is 3. The summed E-state index contributed by atoms with van der Waals surface area (Å²) < 4.78 is 39.1. The molecule has 5 heteroatoms. The molecule has 0 saturated carbocycles. The summed E-state index contributed by atoms with van der Waals surface area (Å²) in [4.78, 5) is 0. The Morgan fingerprint density at radius 1 is 1.27 bits per heavy atom. The molecule has 0 unspecified atom stereocenters. The molecule has 0 saturated heterocycles. The number of hydrogen-bond donors (Lipinski definition) is 0. The lowest BCUT2D eigenvalue weighted by Crippen LogP contribution is -2.36. The SMILES string of the molecule is CCC[Si](C)(C)OC(F)(F)F. The molecule has 68 valence electrons. The van der Waals surface area contributed by atoms with E-state index in [1.165, 1.54) is 0 Å². The predicted molar refractivity (Wildman–Crippen MR) is 39.7 cm³/mol. The van der Waals surface area contributed by atoms with E-state index in [2.05, 4.69) is 4.43 Å². The van der Waals surface area contributed by atoms with E-state index < -0.39 is 14.7 Å². The van der Waals surface area contributed by atoms with Crippen molar-refractivity contribution in [2.75, 3.05) is 0 Å². The fourth-order valence-electron chi connectivity index (χ4n) is 0.966. The predicted octanol–water partition coefficient (Wildman–Crippen LogP) is 3.14. The number of hydrogen-bond acceptors (Lipinski definition) is 1. The zero-order chi connectivity index (χ0) is 9.12. The second-order valence-electron chi connectivity index (χ2n) is 3.06. The quantitative estimate of drug-likeness (QED) is 0.615. The normalized spacial score (nSPS) is 13.6. The maximum absolute atomic E-state index is 11.7. The molecular weight excluding hydrogens is 173 g/mol. The first-order valence-corrected chi connectivity index (χ1v) is 6.65. The third-order valence-electron chi connectivity index (χ3n) is 1.24. The Labute approximate surface area is 65.7 Å². The molecule has 0 heterocycles. The van der Waals surface area contributed by atoms with Gasteiger partial charge in [-0.15, -0.1) is 13.2 Å². The highest BCUT2D eigenvalue weighted by Crippen LogP contribution is 2.25. The second kappa shape index (κ2) is 3.58. The molecule has 0 rings (SSSR count). The average molecular weight is 186 g/mol. The molecule has 0 bridgehead atoms. The van der Waals surface area contributed by atoms with Crippen LogP contribution in [0.4, 0.5) is 13.2 Å². The van der Waals surface area contributed by atoms with Crippen molar-refractivity contribution >= 4 is 8.32 Å². The molecule has 0 amide bonds. The van der Waals surface area contributed by atoms with E-state index in [9.17, 15) is 13.2 Å². The summed E-state index contributed by atoms with van der Waals surface area (Å²) in [6.07, 6.45) is -3.71. The van der Waals surface area contributed by atoms with Crippen LogP contribution in [0, 0.1) is 0 Å². The van der Waals surface area contributed by atoms with Gasteiger partial charge in [0.25, 0.3) is 0 Å². The van der Waals surface area contributed by atoms with E-state index in [-0.39, 0.29) is 0 Å². The van der Waals surface area contributed by atoms with Crippen molar-refractivity contribution in [3.05, 3.63) is 0 Å². The second-order valence-corrected chi connectivity index (χ2v) is 7.28. The monoisotopic (exact) mass is 186 g/mol. The van der Waals surface area contributed by atoms with E-state index in [1.54, 1.807) is 13.1 Å². The topological polar surface area (TPSA) is 9.23 Å². The van der Waals surface area contributed by atoms with Gasteiger partial charge in [-0.1, -0.05) is 13.3 Å². The van der Waals surface area contributed by atoms with Crippen LogP contribution < -0.4 is 0 Å². The Bertz CT molecular complexity index is 121. The Morgan fingerprint density at radius 3 is 2.00 bits per heavy atom. The Hall–Kier alpha value is -0.0331. The number of alkyl halides is 3. The smallest absolute Gasteiger partial charge is 0.335 e. The zero-order valence-electron chi connectivity index (χ0n) is 6.96. The first-order chi connectivity index (χ1) is 4.77. The van der Waals surface area contributed by atoms with E-state index in [0.717, 1.165) is 6.42 Å². The molecule has 0 aromatic heterocycles. The van der Waals surface area contributed by atoms with Crippen LogP contribution in [0.15, 0.2) is 0 Å². The van der Waals surface area contributed by atoms with Gasteiger partial charge in [-0.3, -0.25) is 0 Å². The standard InChI is InChI=1S/C6H13F3OSi/c1-4-5-11(2,3)10-6(7,8)9/h4-5H2,1-3H3. The largest absolute Gasteiger partial charge is 0.512 e. The highest BCUT2D eigenvalue weighted by molar-refractivity contribution is 6.71. The van der Waals surface area contributed by atoms with Gasteiger partial charge < -0.3 is 4.43 Å². The van der Waals surface area contributed by atoms with Crippen molar-refractivity contribution < 1.29 is 17.6 Å². The Morgan fingerprint density at radius 2 is 1.73 bits per heavy atom. The van der Waals surface area contributed by atoms with Gasteiger partial charge in [0.15, 0.2) is 8.32 Å². The summed E-state index contributed by atoms with van der Waals surface area (Å²) >= 11 is 0. The third kappa shape index (κ3) is 6.37. The molecular formula is C6H13F3OSi. The molecule has 0 aromatic rings. The minimum atomic E-state index is -4.45. The van der Waals surface area contributed by atoms with E-state index >= 15 is 0 Å². The van der Waals surface area contributed by atoms with Gasteiger partial charge in [0.1, 0.15) is 0 Å². The molecule has 0 aliphatic carbocycles. The van der Waals surface area contributed by atoms with Crippen LogP contribution in [0.3, 0.4) is 0 Å². The molecule has 1 nitrogen and oxygen atoms in total. The van der Waals surface area contributed by atoms with Crippen molar-refractivity contribution in [1.82, 2.24) is 0 Å². The molecule has 0 aliphatic heterocycles. The van der Waals surface area contributed by atoms with Crippen LogP contribution >= 0.6 is 0 Å². The van der Waals surface area contributed by atoms with Gasteiger partial charge in [-0.05, 0) is 19.1 Å². The maximum atomic E-state index is 11.7. The number of rotatable bonds is 3. The van der Waals surface area contributed by atoms with Crippen LogP contribution in [0.25, 0.3) is 0 Å². The first kappa shape index (κ1) is 11.0. The fourth-order valence-corrected chi connectivity index (χ4v) is 2.90. The average Bonchev–Trinajstić information content (AvgIpc) is 1.55. The summed E-state index contributed by atoms with van der Waals surface area (Å²) in [6.45, 7) is 5.00. The molecule has 0 N–H and O–H groups in total. The van der Waals surface area contributed by atoms with Gasteiger partial charge in [0.2, 0.25) is 0 Å². The van der Waals surface area contributed by atoms with Crippen molar-refractivity contribution in [1.29, 1.82) is 0 Å². The van der Waals surface area contributed by atoms with Gasteiger partial charge in [0.05, 0.1) is 0 Å². The summed E-state index contributed by atoms with van der Waals surface area (Å²) in [6, 6.07) is 0.548. The van der Waals surface area contributed by atoms with Crippen LogP contribution in [0.2, 0.25) is 19.1 Å². The fraction of sp³-hybridized carbons (Fsp3) is 1.00. The Kier molecular flexibility index (Phi) is 3.57. The summed E-state index contributed by atoms with van der Waals surface area (Å²) in [5.41, 5.74) is 0. The summed E-state index contributed by atoms with van der Waals surface area (Å²) in [5.74, 6) is 0.